The number of hydrogen-bond acceptors (Lipinski definition) is 3. The van der Waals surface area contributed by atoms with Crippen LogP contribution in [-0.4, -0.2) is 34.3 Å². The van der Waals surface area contributed by atoms with Crippen LogP contribution in [-0.2, 0) is 11.2 Å². The van der Waals surface area contributed by atoms with E-state index < -0.39 is 0 Å². The SMILES string of the molecule is CCc1nc(C(=O)NCCNC(C)=O)c2ccccn12. The van der Waals surface area contributed by atoms with Gasteiger partial charge in [-0.25, -0.2) is 4.98 Å². The standard InChI is InChI=1S/C14H18N4O2/c1-3-12-17-13(11-6-4-5-9-18(11)12)14(20)16-8-7-15-10(2)19/h4-6,9H,3,7-8H2,1-2H3,(H,15,19)(H,16,20). The summed E-state index contributed by atoms with van der Waals surface area (Å²) in [5, 5.41) is 5.38. The number of pyridine rings is 1. The van der Waals surface area contributed by atoms with Crippen molar-refractivity contribution in [2.75, 3.05) is 13.1 Å². The molecule has 2 heterocycles. The Morgan fingerprint density at radius 3 is 2.70 bits per heavy atom. The van der Waals surface area contributed by atoms with Crippen LogP contribution in [0.3, 0.4) is 0 Å². The molecule has 0 aromatic carbocycles. The van der Waals surface area contributed by atoms with Gasteiger partial charge in [-0.15, -0.1) is 0 Å². The summed E-state index contributed by atoms with van der Waals surface area (Å²) in [6.07, 6.45) is 2.65. The maximum Gasteiger partial charge on any atom is 0.272 e. The van der Waals surface area contributed by atoms with Gasteiger partial charge in [0.25, 0.3) is 5.91 Å². The fourth-order valence-corrected chi connectivity index (χ4v) is 2.02. The molecule has 0 radical (unpaired) electrons. The Hall–Kier alpha value is -2.37. The molecule has 2 rings (SSSR count). The van der Waals surface area contributed by atoms with Gasteiger partial charge in [-0.2, -0.15) is 0 Å². The van der Waals surface area contributed by atoms with E-state index in [1.807, 2.05) is 35.7 Å². The third kappa shape index (κ3) is 2.96. The van der Waals surface area contributed by atoms with E-state index in [-0.39, 0.29) is 11.8 Å². The van der Waals surface area contributed by atoms with Crippen LogP contribution in [0.15, 0.2) is 24.4 Å². The molecule has 0 atom stereocenters. The lowest BCUT2D eigenvalue weighted by atomic mass is 10.3. The molecule has 0 saturated heterocycles. The van der Waals surface area contributed by atoms with Gasteiger partial charge in [-0.05, 0) is 12.1 Å². The summed E-state index contributed by atoms with van der Waals surface area (Å²) in [6.45, 7) is 4.23. The summed E-state index contributed by atoms with van der Waals surface area (Å²) in [7, 11) is 0. The van der Waals surface area contributed by atoms with Crippen molar-refractivity contribution in [1.82, 2.24) is 20.0 Å². The second-order valence-corrected chi connectivity index (χ2v) is 4.42. The van der Waals surface area contributed by atoms with Crippen molar-refractivity contribution in [1.29, 1.82) is 0 Å². The lowest BCUT2D eigenvalue weighted by Gasteiger charge is -2.04. The summed E-state index contributed by atoms with van der Waals surface area (Å²) in [5.41, 5.74) is 1.21. The first-order valence-electron chi connectivity index (χ1n) is 6.62. The molecule has 2 aromatic heterocycles. The Bertz CT molecular complexity index is 633. The van der Waals surface area contributed by atoms with E-state index in [2.05, 4.69) is 15.6 Å². The normalized spacial score (nSPS) is 10.5. The van der Waals surface area contributed by atoms with E-state index in [1.54, 1.807) is 0 Å². The minimum Gasteiger partial charge on any atom is -0.355 e. The highest BCUT2D eigenvalue weighted by atomic mass is 16.2. The molecule has 2 amide bonds. The molecular formula is C14H18N4O2. The van der Waals surface area contributed by atoms with Crippen molar-refractivity contribution in [3.63, 3.8) is 0 Å². The molecule has 20 heavy (non-hydrogen) atoms. The van der Waals surface area contributed by atoms with Crippen LogP contribution in [0.5, 0.6) is 0 Å². The monoisotopic (exact) mass is 274 g/mol. The highest BCUT2D eigenvalue weighted by Gasteiger charge is 2.15. The number of nitrogens with zero attached hydrogens (tertiary/aromatic N) is 2. The van der Waals surface area contributed by atoms with E-state index in [1.165, 1.54) is 6.92 Å². The molecule has 2 N–H and O–H groups in total. The van der Waals surface area contributed by atoms with Gasteiger partial charge in [0.15, 0.2) is 5.69 Å². The molecule has 0 aliphatic heterocycles. The molecule has 2 aromatic rings. The van der Waals surface area contributed by atoms with Crippen molar-refractivity contribution >= 4 is 17.3 Å². The largest absolute Gasteiger partial charge is 0.355 e. The molecular weight excluding hydrogens is 256 g/mol. The molecule has 0 aliphatic carbocycles. The zero-order valence-electron chi connectivity index (χ0n) is 11.6. The van der Waals surface area contributed by atoms with Gasteiger partial charge in [0.05, 0.1) is 5.52 Å². The average molecular weight is 274 g/mol. The van der Waals surface area contributed by atoms with Crippen LogP contribution in [0, 0.1) is 0 Å². The van der Waals surface area contributed by atoms with Crippen LogP contribution in [0.1, 0.15) is 30.2 Å². The van der Waals surface area contributed by atoms with Crippen molar-refractivity contribution in [2.45, 2.75) is 20.3 Å². The minimum absolute atomic E-state index is 0.111. The number of amides is 2. The Balaban J connectivity index is 2.12. The number of hydrogen-bond donors (Lipinski definition) is 2. The number of aryl methyl sites for hydroxylation is 1. The number of carbonyl (C=O) groups is 2. The Labute approximate surface area is 117 Å². The zero-order valence-corrected chi connectivity index (χ0v) is 11.6. The molecule has 0 spiro atoms. The zero-order chi connectivity index (χ0) is 14.5. The third-order valence-electron chi connectivity index (χ3n) is 2.94. The quantitative estimate of drug-likeness (QED) is 0.790. The van der Waals surface area contributed by atoms with Crippen LogP contribution in [0.2, 0.25) is 0 Å². The molecule has 0 saturated carbocycles. The first-order chi connectivity index (χ1) is 9.63. The highest BCUT2D eigenvalue weighted by molar-refractivity contribution is 5.99. The molecule has 6 heteroatoms. The smallest absolute Gasteiger partial charge is 0.272 e. The lowest BCUT2D eigenvalue weighted by Crippen LogP contribution is -2.33. The molecule has 0 aliphatic rings. The first-order valence-corrected chi connectivity index (χ1v) is 6.62. The summed E-state index contributed by atoms with van der Waals surface area (Å²) in [6, 6.07) is 5.66. The number of nitrogens with one attached hydrogen (secondary N) is 2. The van der Waals surface area contributed by atoms with E-state index in [0.717, 1.165) is 17.8 Å². The minimum atomic E-state index is -0.223. The Morgan fingerprint density at radius 1 is 1.25 bits per heavy atom. The average Bonchev–Trinajstić information content (AvgIpc) is 2.82. The number of carbonyl (C=O) groups excluding carboxylic acids is 2. The number of aromatic nitrogens is 2. The topological polar surface area (TPSA) is 75.5 Å². The number of fused-ring (bicyclic) bond motifs is 1. The lowest BCUT2D eigenvalue weighted by molar-refractivity contribution is -0.118. The van der Waals surface area contributed by atoms with E-state index >= 15 is 0 Å². The van der Waals surface area contributed by atoms with Gasteiger partial charge in [-0.3, -0.25) is 9.59 Å². The summed E-state index contributed by atoms with van der Waals surface area (Å²) in [4.78, 5) is 27.3. The maximum absolute atomic E-state index is 12.1. The highest BCUT2D eigenvalue weighted by Crippen LogP contribution is 2.13. The predicted molar refractivity (Wildman–Crippen MR) is 75.6 cm³/mol. The van der Waals surface area contributed by atoms with Gasteiger partial charge in [-0.1, -0.05) is 13.0 Å². The van der Waals surface area contributed by atoms with Crippen LogP contribution >= 0.6 is 0 Å². The van der Waals surface area contributed by atoms with Gasteiger partial charge >= 0.3 is 0 Å². The van der Waals surface area contributed by atoms with Gasteiger partial charge in [0.1, 0.15) is 5.82 Å². The fourth-order valence-electron chi connectivity index (χ4n) is 2.02. The summed E-state index contributed by atoms with van der Waals surface area (Å²) < 4.78 is 1.92. The van der Waals surface area contributed by atoms with E-state index in [0.29, 0.717) is 18.8 Å². The summed E-state index contributed by atoms with van der Waals surface area (Å²) >= 11 is 0. The fraction of sp³-hybridized carbons (Fsp3) is 0.357. The Morgan fingerprint density at radius 2 is 2.00 bits per heavy atom. The van der Waals surface area contributed by atoms with Crippen LogP contribution < -0.4 is 10.6 Å². The van der Waals surface area contributed by atoms with Crippen LogP contribution in [0.4, 0.5) is 0 Å². The van der Waals surface area contributed by atoms with Crippen molar-refractivity contribution in [2.24, 2.45) is 0 Å². The van der Waals surface area contributed by atoms with Crippen molar-refractivity contribution < 1.29 is 9.59 Å². The number of rotatable bonds is 5. The second-order valence-electron chi connectivity index (χ2n) is 4.42. The van der Waals surface area contributed by atoms with Gasteiger partial charge in [0.2, 0.25) is 5.91 Å². The maximum atomic E-state index is 12.1. The predicted octanol–water partition coefficient (Wildman–Crippen LogP) is 0.763. The molecule has 6 nitrogen and oxygen atoms in total. The van der Waals surface area contributed by atoms with Crippen molar-refractivity contribution in [3.8, 4) is 0 Å². The van der Waals surface area contributed by atoms with Crippen molar-refractivity contribution in [3.05, 3.63) is 35.9 Å². The number of imidazole rings is 1. The van der Waals surface area contributed by atoms with E-state index in [9.17, 15) is 9.59 Å². The first kappa shape index (κ1) is 14.0. The molecule has 0 unspecified atom stereocenters. The van der Waals surface area contributed by atoms with E-state index in [4.69, 9.17) is 0 Å². The molecule has 0 bridgehead atoms. The van der Waals surface area contributed by atoms with Gasteiger partial charge < -0.3 is 15.0 Å². The van der Waals surface area contributed by atoms with Crippen LogP contribution in [0.25, 0.3) is 5.52 Å². The molecule has 0 fully saturated rings. The summed E-state index contributed by atoms with van der Waals surface area (Å²) in [5.74, 6) is 0.520. The third-order valence-corrected chi connectivity index (χ3v) is 2.94. The van der Waals surface area contributed by atoms with Gasteiger partial charge in [0, 0.05) is 32.6 Å². The second kappa shape index (κ2) is 6.18. The Kier molecular flexibility index (Phi) is 4.34. The molecule has 106 valence electrons.